The number of furan rings is 1. The van der Waals surface area contributed by atoms with Crippen molar-refractivity contribution in [2.75, 3.05) is 0 Å². The van der Waals surface area contributed by atoms with Gasteiger partial charge in [-0.2, -0.15) is 0 Å². The highest BCUT2D eigenvalue weighted by atomic mass is 35.5. The molecule has 0 aliphatic rings. The van der Waals surface area contributed by atoms with Crippen molar-refractivity contribution in [2.24, 2.45) is 0 Å². The minimum absolute atomic E-state index is 0.0853. The molecule has 0 aliphatic heterocycles. The second-order valence-corrected chi connectivity index (χ2v) is 12.4. The normalized spacial score (nSPS) is 17.4. The second-order valence-electron chi connectivity index (χ2n) is 10.1. The van der Waals surface area contributed by atoms with Crippen molar-refractivity contribution >= 4 is 135 Å². The molecule has 0 saturated heterocycles. The Labute approximate surface area is 324 Å². The summed E-state index contributed by atoms with van der Waals surface area (Å²) < 4.78 is 169. The molecule has 7 heteroatoms. The van der Waals surface area contributed by atoms with E-state index in [-0.39, 0.29) is 52.0 Å². The molecular weight excluding hydrogens is 709 g/mol. The molecule has 9 rings (SSSR count). The highest BCUT2D eigenvalue weighted by Gasteiger charge is 2.24. The second kappa shape index (κ2) is 10.9. The lowest BCUT2D eigenvalue weighted by Crippen LogP contribution is -1.92. The van der Waals surface area contributed by atoms with Gasteiger partial charge in [0.25, 0.3) is 0 Å². The van der Waals surface area contributed by atoms with Crippen LogP contribution in [0.15, 0.2) is 113 Å². The van der Waals surface area contributed by atoms with Gasteiger partial charge in [0.1, 0.15) is 11.2 Å². The topological polar surface area (TPSA) is 13.1 Å². The maximum Gasteiger partial charge on any atom is 0.135 e. The number of hydrogen-bond donors (Lipinski definition) is 0. The first-order valence-corrected chi connectivity index (χ1v) is 15.6. The maximum atomic E-state index is 9.75. The Kier molecular flexibility index (Phi) is 3.76. The molecule has 0 aliphatic carbocycles. The van der Waals surface area contributed by atoms with Crippen LogP contribution in [0, 0.1) is 0 Å². The molecule has 0 fully saturated rings. The van der Waals surface area contributed by atoms with Crippen molar-refractivity contribution in [1.82, 2.24) is 0 Å². The summed E-state index contributed by atoms with van der Waals surface area (Å²) in [6, 6.07) is -14.6. The van der Waals surface area contributed by atoms with E-state index >= 15 is 0 Å². The first kappa shape index (κ1) is 16.2. The van der Waals surface area contributed by atoms with Gasteiger partial charge in [-0.3, -0.25) is 0 Å². The van der Waals surface area contributed by atoms with E-state index in [2.05, 4.69) is 0 Å². The average Bonchev–Trinajstić information content (AvgIpc) is 3.69. The van der Waals surface area contributed by atoms with Crippen molar-refractivity contribution in [2.45, 2.75) is 0 Å². The molecule has 47 heavy (non-hydrogen) atoms. The van der Waals surface area contributed by atoms with Gasteiger partial charge in [-0.05, 0) is 73.4 Å². The number of benzene rings is 8. The van der Waals surface area contributed by atoms with E-state index in [9.17, 15) is 12.3 Å². The SMILES string of the molecule is [2H]c1c([2H])c([2H])c2c(oc3c([2H])c([2H])c(-c4c5c([2H])c([2H])c([2H])c([2H])c5c(-c5c([2H])c([2H])c6c(c5[2H])c(Cl)c(Cl)c5c(Cl)c(Cl)c(Cl)c(Cl)c56)c5c([2H])c([2H])c([2H])c([2H])c45)c([2H])c32)c1[2H]. The van der Waals surface area contributed by atoms with Crippen LogP contribution in [0.4, 0.5) is 0 Å². The van der Waals surface area contributed by atoms with Crippen LogP contribution < -0.4 is 0 Å². The zero-order valence-corrected chi connectivity index (χ0v) is 27.2. The van der Waals surface area contributed by atoms with E-state index < -0.39 is 174 Å². The molecule has 1 aromatic heterocycles. The fraction of sp³-hybridized carbons (Fsp3) is 0. The van der Waals surface area contributed by atoms with Gasteiger partial charge in [0, 0.05) is 26.9 Å². The van der Waals surface area contributed by atoms with Gasteiger partial charge in [-0.25, -0.2) is 0 Å². The third-order valence-electron chi connectivity index (χ3n) is 7.72. The van der Waals surface area contributed by atoms with Gasteiger partial charge >= 0.3 is 0 Å². The van der Waals surface area contributed by atoms with E-state index in [1.807, 2.05) is 0 Å². The Balaban J connectivity index is 1.62. The first-order chi connectivity index (χ1) is 30.3. The lowest BCUT2D eigenvalue weighted by Gasteiger charge is -2.19. The van der Waals surface area contributed by atoms with E-state index in [1.54, 1.807) is 0 Å². The lowest BCUT2D eigenvalue weighted by molar-refractivity contribution is 0.669. The predicted octanol–water partition coefficient (Wildman–Crippen LogP) is 15.5. The molecule has 1 nitrogen and oxygen atoms in total. The van der Waals surface area contributed by atoms with Crippen molar-refractivity contribution in [3.05, 3.63) is 139 Å². The lowest BCUT2D eigenvalue weighted by atomic mass is 9.85. The number of para-hydroxylation sites is 1. The van der Waals surface area contributed by atoms with Gasteiger partial charge in [-0.15, -0.1) is 0 Å². The van der Waals surface area contributed by atoms with Gasteiger partial charge in [-0.1, -0.05) is 154 Å². The van der Waals surface area contributed by atoms with E-state index in [4.69, 9.17) is 86.4 Å². The van der Waals surface area contributed by atoms with Crippen molar-refractivity contribution in [1.29, 1.82) is 0 Å². The number of halogens is 6. The Bertz CT molecular complexity index is 3750. The summed E-state index contributed by atoms with van der Waals surface area (Å²) in [6.07, 6.45) is 0. The maximum absolute atomic E-state index is 9.75. The number of hydrogen-bond acceptors (Lipinski definition) is 1. The summed E-state index contributed by atoms with van der Waals surface area (Å²) in [7, 11) is 0. The van der Waals surface area contributed by atoms with Crippen LogP contribution in [-0.4, -0.2) is 0 Å². The minimum Gasteiger partial charge on any atom is -0.456 e. The monoisotopic (exact) mass is 742 g/mol. The van der Waals surface area contributed by atoms with Crippen molar-refractivity contribution in [3.63, 3.8) is 0 Å². The van der Waals surface area contributed by atoms with Crippen molar-refractivity contribution < 1.29 is 29.1 Å². The van der Waals surface area contributed by atoms with E-state index in [1.165, 1.54) is 0 Å². The third kappa shape index (κ3) is 4.25. The fourth-order valence-electron chi connectivity index (χ4n) is 5.73. The Morgan fingerprint density at radius 1 is 0.362 bits per heavy atom. The summed E-state index contributed by atoms with van der Waals surface area (Å²) in [5.74, 6) is 0. The Morgan fingerprint density at radius 2 is 0.809 bits per heavy atom. The van der Waals surface area contributed by atoms with Gasteiger partial charge in [0.15, 0.2) is 0 Å². The van der Waals surface area contributed by atoms with E-state index in [0.29, 0.717) is 0 Å². The largest absolute Gasteiger partial charge is 0.456 e. The highest BCUT2D eigenvalue weighted by molar-refractivity contribution is 6.59. The molecule has 8 aromatic carbocycles. The van der Waals surface area contributed by atoms with Gasteiger partial charge in [0.2, 0.25) is 0 Å². The molecular formula is C40H18Cl6O. The van der Waals surface area contributed by atoms with Crippen LogP contribution >= 0.6 is 69.6 Å². The predicted molar refractivity (Wildman–Crippen MR) is 205 cm³/mol. The van der Waals surface area contributed by atoms with Gasteiger partial charge < -0.3 is 4.42 Å². The molecule has 0 N–H and O–H groups in total. The van der Waals surface area contributed by atoms with Crippen LogP contribution in [0.5, 0.6) is 0 Å². The molecule has 1 heterocycles. The third-order valence-corrected chi connectivity index (χ3v) is 10.4. The molecule has 0 amide bonds. The quantitative estimate of drug-likeness (QED) is 0.0743. The standard InChI is InChI=1S/C40H18Cl6O/c41-35-28-18-19(13-15-26(28)33-34(37(35)43)38(44)40(46)39(45)36(33)42)31-22-8-1-3-10-24(22)32(25-11-4-2-9-23(25)31)20-14-16-30-27(17-20)21-7-5-6-12-29(21)47-30/h1-18H/i1D,2D,3D,4D,5D,6D,7D,8D,9D,10D,11D,12D,13D,14D,15D,16D,17D,18D. The number of rotatable bonds is 2. The van der Waals surface area contributed by atoms with Crippen LogP contribution in [0.3, 0.4) is 0 Å². The van der Waals surface area contributed by atoms with Crippen molar-refractivity contribution in [3.8, 4) is 22.3 Å². The zero-order chi connectivity index (χ0) is 47.8. The minimum atomic E-state index is -0.900. The average molecular weight is 745 g/mol. The smallest absolute Gasteiger partial charge is 0.135 e. The fourth-order valence-corrected chi connectivity index (χ4v) is 7.34. The molecule has 0 spiro atoms. The Hall–Kier alpha value is -3.66. The Morgan fingerprint density at radius 3 is 1.40 bits per heavy atom. The van der Waals surface area contributed by atoms with Gasteiger partial charge in [0.05, 0.1) is 54.8 Å². The first-order valence-electron chi connectivity index (χ1n) is 22.3. The molecule has 0 atom stereocenters. The summed E-state index contributed by atoms with van der Waals surface area (Å²) in [4.78, 5) is 0. The summed E-state index contributed by atoms with van der Waals surface area (Å²) in [5.41, 5.74) is -3.44. The van der Waals surface area contributed by atoms with Crippen LogP contribution in [0.1, 0.15) is 24.7 Å². The molecule has 0 radical (unpaired) electrons. The summed E-state index contributed by atoms with van der Waals surface area (Å²) in [5, 5.41) is -5.80. The highest BCUT2D eigenvalue weighted by Crippen LogP contribution is 2.52. The van der Waals surface area contributed by atoms with Crippen LogP contribution in [-0.2, 0) is 0 Å². The number of fused-ring (bicyclic) bond motifs is 8. The molecule has 0 saturated carbocycles. The molecule has 0 unspecified atom stereocenters. The molecule has 9 aromatic rings. The van der Waals surface area contributed by atoms with Crippen LogP contribution in [0.2, 0.25) is 30.1 Å². The zero-order valence-electron chi connectivity index (χ0n) is 40.7. The van der Waals surface area contributed by atoms with Crippen LogP contribution in [0.25, 0.3) is 87.3 Å². The summed E-state index contributed by atoms with van der Waals surface area (Å²) in [6.45, 7) is 0. The molecule has 0 bridgehead atoms. The van der Waals surface area contributed by atoms with E-state index in [0.717, 1.165) is 0 Å². The summed E-state index contributed by atoms with van der Waals surface area (Å²) >= 11 is 39.8. The molecule has 226 valence electrons.